The minimum absolute atomic E-state index is 0.0231. The van der Waals surface area contributed by atoms with E-state index in [1.165, 1.54) is 0 Å². The Morgan fingerprint density at radius 1 is 0.943 bits per heavy atom. The molecule has 0 radical (unpaired) electrons. The number of carbonyl (C=O) groups excluding carboxylic acids is 4. The van der Waals surface area contributed by atoms with Crippen molar-refractivity contribution in [3.8, 4) is 0 Å². The van der Waals surface area contributed by atoms with Crippen molar-refractivity contribution >= 4 is 29.5 Å². The summed E-state index contributed by atoms with van der Waals surface area (Å²) in [4.78, 5) is 48.6. The molecule has 2 atom stereocenters. The highest BCUT2D eigenvalue weighted by Gasteiger charge is 2.27. The van der Waals surface area contributed by atoms with Crippen LogP contribution in [0.3, 0.4) is 0 Å². The van der Waals surface area contributed by atoms with Crippen LogP contribution in [0.15, 0.2) is 24.3 Å². The molecule has 0 saturated heterocycles. The number of nitrogens with two attached hydrogens (primary N) is 1. The Balaban J connectivity index is 2.85. The van der Waals surface area contributed by atoms with Gasteiger partial charge in [0, 0.05) is 18.3 Å². The van der Waals surface area contributed by atoms with Crippen LogP contribution in [0.5, 0.6) is 0 Å². The number of primary amides is 1. The summed E-state index contributed by atoms with van der Waals surface area (Å²) in [6, 6.07) is 5.13. The average molecular weight is 492 g/mol. The molecule has 1 aromatic rings. The first kappa shape index (κ1) is 29.9. The summed E-state index contributed by atoms with van der Waals surface area (Å²) in [5.74, 6) is -1.10. The predicted molar refractivity (Wildman–Crippen MR) is 135 cm³/mol. The number of amides is 4. The van der Waals surface area contributed by atoms with Gasteiger partial charge < -0.3 is 31.7 Å². The Kier molecular flexibility index (Phi) is 12.8. The van der Waals surface area contributed by atoms with Gasteiger partial charge >= 0.3 is 12.0 Å². The standard InChI is InChI=1S/C25H41N5O5/c1-15(2)21(28-17(5)6)23(32)30-20(8-7-13-27-25(26)34)22(31)29-19-11-9-18(10-12-19)14-35-24(33)16(3)4/h9-12,15-17,20-21,28H,7-8,13-14H2,1-6H3,(H,29,31)(H,30,32)(H3,26,27,34)/t20?,21-/m0/s1. The first-order valence-electron chi connectivity index (χ1n) is 12.1. The SMILES string of the molecule is CC(C)N[C@H](C(=O)NC(CCCNC(N)=O)C(=O)Nc1ccc(COC(=O)C(C)C)cc1)C(C)C. The van der Waals surface area contributed by atoms with Crippen molar-refractivity contribution in [2.24, 2.45) is 17.6 Å². The van der Waals surface area contributed by atoms with E-state index < -0.39 is 18.1 Å². The van der Waals surface area contributed by atoms with Gasteiger partial charge in [-0.15, -0.1) is 0 Å². The third kappa shape index (κ3) is 11.7. The molecule has 10 heteroatoms. The van der Waals surface area contributed by atoms with Gasteiger partial charge in [-0.1, -0.05) is 53.7 Å². The molecule has 1 aromatic carbocycles. The van der Waals surface area contributed by atoms with E-state index in [4.69, 9.17) is 10.5 Å². The van der Waals surface area contributed by atoms with Crippen molar-refractivity contribution in [3.05, 3.63) is 29.8 Å². The Hall–Kier alpha value is -3.14. The second-order valence-electron chi connectivity index (χ2n) is 9.49. The van der Waals surface area contributed by atoms with Gasteiger partial charge in [-0.3, -0.25) is 14.4 Å². The summed E-state index contributed by atoms with van der Waals surface area (Å²) in [6.45, 7) is 11.8. The molecular formula is C25H41N5O5. The highest BCUT2D eigenvalue weighted by Crippen LogP contribution is 2.13. The van der Waals surface area contributed by atoms with Gasteiger partial charge in [0.2, 0.25) is 11.8 Å². The van der Waals surface area contributed by atoms with Crippen LogP contribution >= 0.6 is 0 Å². The zero-order valence-corrected chi connectivity index (χ0v) is 21.6. The van der Waals surface area contributed by atoms with Gasteiger partial charge in [-0.2, -0.15) is 0 Å². The van der Waals surface area contributed by atoms with E-state index in [1.807, 2.05) is 27.7 Å². The lowest BCUT2D eigenvalue weighted by Gasteiger charge is -2.27. The number of benzene rings is 1. The summed E-state index contributed by atoms with van der Waals surface area (Å²) in [5.41, 5.74) is 6.44. The van der Waals surface area contributed by atoms with E-state index in [-0.39, 0.29) is 48.8 Å². The van der Waals surface area contributed by atoms with Crippen LogP contribution in [0.1, 0.15) is 59.9 Å². The largest absolute Gasteiger partial charge is 0.461 e. The maximum Gasteiger partial charge on any atom is 0.312 e. The Morgan fingerprint density at radius 3 is 2.09 bits per heavy atom. The molecule has 1 unspecified atom stereocenters. The van der Waals surface area contributed by atoms with Crippen LogP contribution in [-0.2, 0) is 25.7 Å². The van der Waals surface area contributed by atoms with Crippen LogP contribution in [0, 0.1) is 11.8 Å². The molecule has 0 fully saturated rings. The minimum Gasteiger partial charge on any atom is -0.461 e. The summed E-state index contributed by atoms with van der Waals surface area (Å²) in [5, 5.41) is 11.4. The van der Waals surface area contributed by atoms with Crippen molar-refractivity contribution in [3.63, 3.8) is 0 Å². The average Bonchev–Trinajstić information content (AvgIpc) is 2.77. The van der Waals surface area contributed by atoms with E-state index in [9.17, 15) is 19.2 Å². The molecule has 1 rings (SSSR count). The Bertz CT molecular complexity index is 839. The number of ether oxygens (including phenoxy) is 1. The second-order valence-corrected chi connectivity index (χ2v) is 9.49. The number of hydrogen-bond donors (Lipinski definition) is 5. The molecule has 0 aromatic heterocycles. The van der Waals surface area contributed by atoms with Gasteiger partial charge in [0.15, 0.2) is 0 Å². The van der Waals surface area contributed by atoms with E-state index in [1.54, 1.807) is 38.1 Å². The van der Waals surface area contributed by atoms with Gasteiger partial charge in [-0.05, 0) is 36.5 Å². The fourth-order valence-corrected chi connectivity index (χ4v) is 3.21. The number of nitrogens with one attached hydrogen (secondary N) is 4. The molecule has 0 bridgehead atoms. The monoisotopic (exact) mass is 491 g/mol. The van der Waals surface area contributed by atoms with Gasteiger partial charge in [0.1, 0.15) is 12.6 Å². The maximum atomic E-state index is 13.0. The third-order valence-electron chi connectivity index (χ3n) is 5.14. The fourth-order valence-electron chi connectivity index (χ4n) is 3.21. The Labute approximate surface area is 208 Å². The van der Waals surface area contributed by atoms with Gasteiger partial charge in [0.05, 0.1) is 12.0 Å². The highest BCUT2D eigenvalue weighted by atomic mass is 16.5. The molecule has 35 heavy (non-hydrogen) atoms. The lowest BCUT2D eigenvalue weighted by atomic mass is 10.0. The van der Waals surface area contributed by atoms with Crippen LogP contribution < -0.4 is 27.0 Å². The molecule has 0 heterocycles. The summed E-state index contributed by atoms with van der Waals surface area (Å²) in [6.07, 6.45) is 0.763. The molecule has 0 aliphatic rings. The minimum atomic E-state index is -0.806. The van der Waals surface area contributed by atoms with Crippen molar-refractivity contribution in [1.82, 2.24) is 16.0 Å². The van der Waals surface area contributed by atoms with Gasteiger partial charge in [0.25, 0.3) is 0 Å². The molecular weight excluding hydrogens is 450 g/mol. The third-order valence-corrected chi connectivity index (χ3v) is 5.14. The molecule has 0 saturated carbocycles. The summed E-state index contributed by atoms with van der Waals surface area (Å²) < 4.78 is 5.21. The zero-order chi connectivity index (χ0) is 26.5. The van der Waals surface area contributed by atoms with E-state index in [2.05, 4.69) is 21.3 Å². The topological polar surface area (TPSA) is 152 Å². The fraction of sp³-hybridized carbons (Fsp3) is 0.600. The van der Waals surface area contributed by atoms with Crippen molar-refractivity contribution in [2.75, 3.05) is 11.9 Å². The predicted octanol–water partition coefficient (Wildman–Crippen LogP) is 2.28. The molecule has 0 spiro atoms. The number of esters is 1. The zero-order valence-electron chi connectivity index (χ0n) is 21.6. The lowest BCUT2D eigenvalue weighted by molar-refractivity contribution is -0.148. The number of hydrogen-bond acceptors (Lipinski definition) is 6. The first-order valence-corrected chi connectivity index (χ1v) is 12.1. The van der Waals surface area contributed by atoms with Crippen molar-refractivity contribution < 1.29 is 23.9 Å². The number of anilines is 1. The summed E-state index contributed by atoms with van der Waals surface area (Å²) in [7, 11) is 0. The lowest BCUT2D eigenvalue weighted by Crippen LogP contribution is -2.54. The number of rotatable bonds is 14. The molecule has 196 valence electrons. The van der Waals surface area contributed by atoms with E-state index >= 15 is 0 Å². The van der Waals surface area contributed by atoms with E-state index in [0.717, 1.165) is 5.56 Å². The molecule has 10 nitrogen and oxygen atoms in total. The normalized spacial score (nSPS) is 12.8. The first-order chi connectivity index (χ1) is 16.4. The highest BCUT2D eigenvalue weighted by molar-refractivity contribution is 5.97. The molecule has 0 aliphatic carbocycles. The van der Waals surface area contributed by atoms with Crippen LogP contribution in [0.4, 0.5) is 10.5 Å². The number of carbonyl (C=O) groups is 4. The smallest absolute Gasteiger partial charge is 0.312 e. The van der Waals surface area contributed by atoms with Crippen molar-refractivity contribution in [1.29, 1.82) is 0 Å². The molecule has 6 N–H and O–H groups in total. The molecule has 4 amide bonds. The second kappa shape index (κ2) is 15.0. The van der Waals surface area contributed by atoms with E-state index in [0.29, 0.717) is 18.5 Å². The maximum absolute atomic E-state index is 13.0. The number of urea groups is 1. The quantitative estimate of drug-likeness (QED) is 0.199. The Morgan fingerprint density at radius 2 is 1.57 bits per heavy atom. The molecule has 0 aliphatic heterocycles. The van der Waals surface area contributed by atoms with Crippen LogP contribution in [0.25, 0.3) is 0 Å². The van der Waals surface area contributed by atoms with Crippen molar-refractivity contribution in [2.45, 2.75) is 79.1 Å². The van der Waals surface area contributed by atoms with Crippen LogP contribution in [-0.4, -0.2) is 48.5 Å². The van der Waals surface area contributed by atoms with Gasteiger partial charge in [-0.25, -0.2) is 4.79 Å². The summed E-state index contributed by atoms with van der Waals surface area (Å²) >= 11 is 0. The van der Waals surface area contributed by atoms with Crippen LogP contribution in [0.2, 0.25) is 0 Å².